The van der Waals surface area contributed by atoms with Crippen LogP contribution in [0.5, 0.6) is 0 Å². The normalized spacial score (nSPS) is 12.3. The van der Waals surface area contributed by atoms with Gasteiger partial charge in [-0.1, -0.05) is 30.3 Å². The van der Waals surface area contributed by atoms with Crippen molar-refractivity contribution in [1.29, 1.82) is 0 Å². The Balaban J connectivity index is 1.61. The summed E-state index contributed by atoms with van der Waals surface area (Å²) in [6.07, 6.45) is -4.38. The monoisotopic (exact) mass is 542 g/mol. The second kappa shape index (κ2) is 11.6. The van der Waals surface area contributed by atoms with Gasteiger partial charge in [0.2, 0.25) is 0 Å². The third kappa shape index (κ3) is 7.16. The number of aromatic nitrogens is 1. The molecule has 10 heteroatoms. The molecule has 4 rings (SSSR count). The number of hydrogen-bond donors (Lipinski definition) is 2. The van der Waals surface area contributed by atoms with E-state index in [9.17, 15) is 31.5 Å². The van der Waals surface area contributed by atoms with Crippen LogP contribution < -0.4 is 5.32 Å². The van der Waals surface area contributed by atoms with Crippen LogP contribution in [-0.4, -0.2) is 34.7 Å². The largest absolute Gasteiger partial charge is 0.481 e. The number of benzene rings is 3. The van der Waals surface area contributed by atoms with Crippen LogP contribution in [0.4, 0.5) is 22.0 Å². The Morgan fingerprint density at radius 2 is 1.56 bits per heavy atom. The molecule has 0 aliphatic heterocycles. The molecule has 0 spiro atoms. The Kier molecular flexibility index (Phi) is 8.23. The molecule has 1 unspecified atom stereocenters. The summed E-state index contributed by atoms with van der Waals surface area (Å²) < 4.78 is 66.4. The van der Waals surface area contributed by atoms with Gasteiger partial charge in [-0.3, -0.25) is 14.6 Å². The van der Waals surface area contributed by atoms with Gasteiger partial charge in [-0.15, -0.1) is 0 Å². The number of alkyl halides is 3. The molecule has 1 amide bonds. The number of amides is 1. The molecule has 0 fully saturated rings. The summed E-state index contributed by atoms with van der Waals surface area (Å²) in [4.78, 5) is 27.3. The minimum atomic E-state index is -4.37. The zero-order valence-corrected chi connectivity index (χ0v) is 20.4. The first-order chi connectivity index (χ1) is 18.5. The molecule has 0 radical (unpaired) electrons. The van der Waals surface area contributed by atoms with Gasteiger partial charge < -0.3 is 10.4 Å². The molecule has 0 saturated carbocycles. The van der Waals surface area contributed by atoms with E-state index in [4.69, 9.17) is 5.11 Å². The Hall–Kier alpha value is -4.34. The lowest BCUT2D eigenvalue weighted by Crippen LogP contribution is -2.25. The van der Waals surface area contributed by atoms with E-state index in [1.165, 1.54) is 24.4 Å². The Morgan fingerprint density at radius 1 is 0.872 bits per heavy atom. The van der Waals surface area contributed by atoms with E-state index in [0.717, 1.165) is 12.1 Å². The van der Waals surface area contributed by atoms with Crippen molar-refractivity contribution in [3.05, 3.63) is 101 Å². The summed E-state index contributed by atoms with van der Waals surface area (Å²) in [5.74, 6) is -4.15. The number of pyridine rings is 1. The zero-order chi connectivity index (χ0) is 28.2. The molecule has 1 aromatic heterocycles. The van der Waals surface area contributed by atoms with E-state index in [0.29, 0.717) is 33.2 Å². The molecule has 202 valence electrons. The molecule has 0 saturated heterocycles. The van der Waals surface area contributed by atoms with E-state index in [1.54, 1.807) is 36.4 Å². The van der Waals surface area contributed by atoms with Crippen LogP contribution in [-0.2, 0) is 4.79 Å². The molecule has 0 bridgehead atoms. The number of hydrogen-bond acceptors (Lipinski definition) is 3. The smallest absolute Gasteiger partial charge is 0.389 e. The van der Waals surface area contributed by atoms with Gasteiger partial charge in [-0.25, -0.2) is 8.78 Å². The molecule has 2 N–H and O–H groups in total. The summed E-state index contributed by atoms with van der Waals surface area (Å²) in [5, 5.41) is 11.8. The zero-order valence-electron chi connectivity index (χ0n) is 20.4. The number of halogens is 5. The number of carbonyl (C=O) groups excluding carboxylic acids is 1. The number of aliphatic carboxylic acids is 1. The van der Waals surface area contributed by atoms with Crippen molar-refractivity contribution in [2.75, 3.05) is 6.54 Å². The number of carboxylic acid groups (broad SMARTS) is 1. The van der Waals surface area contributed by atoms with Gasteiger partial charge in [-0.2, -0.15) is 13.2 Å². The molecule has 4 aromatic rings. The highest BCUT2D eigenvalue weighted by molar-refractivity contribution is 5.94. The van der Waals surface area contributed by atoms with E-state index in [1.807, 2.05) is 0 Å². The van der Waals surface area contributed by atoms with Crippen molar-refractivity contribution in [2.24, 2.45) is 0 Å². The predicted octanol–water partition coefficient (Wildman–Crippen LogP) is 6.86. The summed E-state index contributed by atoms with van der Waals surface area (Å²) in [7, 11) is 0. The summed E-state index contributed by atoms with van der Waals surface area (Å²) in [6, 6.07) is 16.5. The average molecular weight is 543 g/mol. The van der Waals surface area contributed by atoms with Crippen molar-refractivity contribution in [2.45, 2.75) is 31.4 Å². The maximum absolute atomic E-state index is 13.7. The number of fused-ring (bicyclic) bond motifs is 1. The highest BCUT2D eigenvalue weighted by Crippen LogP contribution is 2.35. The number of carboxylic acids is 1. The molecule has 1 atom stereocenters. The fraction of sp³-hybridized carbons (Fsp3) is 0.207. The Bertz CT molecular complexity index is 1500. The van der Waals surface area contributed by atoms with E-state index in [2.05, 4.69) is 10.3 Å². The van der Waals surface area contributed by atoms with Crippen LogP contribution in [0.2, 0.25) is 0 Å². The van der Waals surface area contributed by atoms with Crippen LogP contribution >= 0.6 is 0 Å². The van der Waals surface area contributed by atoms with E-state index >= 15 is 0 Å². The van der Waals surface area contributed by atoms with E-state index in [-0.39, 0.29) is 24.9 Å². The van der Waals surface area contributed by atoms with Gasteiger partial charge in [0.1, 0.15) is 0 Å². The van der Waals surface area contributed by atoms with Crippen molar-refractivity contribution in [1.82, 2.24) is 10.3 Å². The molecule has 39 heavy (non-hydrogen) atoms. The van der Waals surface area contributed by atoms with Crippen LogP contribution in [0.15, 0.2) is 72.9 Å². The SMILES string of the molecule is O=C(O)CCNC(=O)c1ccc(C(CCC(F)(F)F)c2cnc3cc(-c4ccc(F)c(F)c4)ccc3c2)cc1. The van der Waals surface area contributed by atoms with Gasteiger partial charge in [0, 0.05) is 36.0 Å². The minimum absolute atomic E-state index is 0.0509. The summed E-state index contributed by atoms with van der Waals surface area (Å²) >= 11 is 0. The standard InChI is InChI=1S/C29H23F5N2O3/c30-24-8-7-19(14-25(24)31)20-5-6-21-13-22(16-36-26(21)15-20)23(9-11-29(32,33)34)17-1-3-18(4-2-17)28(39)35-12-10-27(37)38/h1-8,13-16,23H,9-12H2,(H,35,39)(H,37,38). The third-order valence-corrected chi connectivity index (χ3v) is 6.28. The quantitative estimate of drug-likeness (QED) is 0.227. The first-order valence-corrected chi connectivity index (χ1v) is 12.0. The lowest BCUT2D eigenvalue weighted by atomic mass is 9.87. The van der Waals surface area contributed by atoms with E-state index < -0.39 is 42.0 Å². The Labute approximate surface area is 220 Å². The first kappa shape index (κ1) is 27.7. The molecule has 0 aliphatic carbocycles. The number of rotatable bonds is 9. The van der Waals surface area contributed by atoms with Crippen LogP contribution in [0.3, 0.4) is 0 Å². The van der Waals surface area contributed by atoms with Crippen molar-refractivity contribution >= 4 is 22.8 Å². The van der Waals surface area contributed by atoms with Crippen molar-refractivity contribution < 1.29 is 36.6 Å². The molecular weight excluding hydrogens is 519 g/mol. The van der Waals surface area contributed by atoms with Crippen molar-refractivity contribution in [3.8, 4) is 11.1 Å². The molecule has 3 aromatic carbocycles. The minimum Gasteiger partial charge on any atom is -0.481 e. The fourth-order valence-corrected chi connectivity index (χ4v) is 4.27. The fourth-order valence-electron chi connectivity index (χ4n) is 4.27. The second-order valence-electron chi connectivity index (χ2n) is 9.03. The van der Waals surface area contributed by atoms with Gasteiger partial charge in [0.15, 0.2) is 11.6 Å². The molecule has 5 nitrogen and oxygen atoms in total. The summed E-state index contributed by atoms with van der Waals surface area (Å²) in [6.45, 7) is -0.0509. The van der Waals surface area contributed by atoms with Gasteiger partial charge in [0.25, 0.3) is 5.91 Å². The first-order valence-electron chi connectivity index (χ1n) is 12.0. The number of nitrogens with zero attached hydrogens (tertiary/aromatic N) is 1. The molecule has 1 heterocycles. The predicted molar refractivity (Wildman–Crippen MR) is 135 cm³/mol. The lowest BCUT2D eigenvalue weighted by molar-refractivity contribution is -0.137. The third-order valence-electron chi connectivity index (χ3n) is 6.28. The molecule has 0 aliphatic rings. The highest BCUT2D eigenvalue weighted by Gasteiger charge is 2.29. The van der Waals surface area contributed by atoms with Crippen LogP contribution in [0.1, 0.15) is 46.7 Å². The van der Waals surface area contributed by atoms with Gasteiger partial charge in [-0.05, 0) is 65.1 Å². The van der Waals surface area contributed by atoms with Crippen molar-refractivity contribution in [3.63, 3.8) is 0 Å². The maximum Gasteiger partial charge on any atom is 0.389 e. The molecular formula is C29H23F5N2O3. The van der Waals surface area contributed by atoms with Crippen LogP contribution in [0, 0.1) is 11.6 Å². The maximum atomic E-state index is 13.7. The van der Waals surface area contributed by atoms with Crippen LogP contribution in [0.25, 0.3) is 22.0 Å². The highest BCUT2D eigenvalue weighted by atomic mass is 19.4. The average Bonchev–Trinajstić information content (AvgIpc) is 2.89. The lowest BCUT2D eigenvalue weighted by Gasteiger charge is -2.20. The summed E-state index contributed by atoms with van der Waals surface area (Å²) in [5.41, 5.74) is 2.94. The van der Waals surface area contributed by atoms with Gasteiger partial charge >= 0.3 is 12.1 Å². The second-order valence-corrected chi connectivity index (χ2v) is 9.03. The number of carbonyl (C=O) groups is 2. The topological polar surface area (TPSA) is 79.3 Å². The number of nitrogens with one attached hydrogen (secondary N) is 1. The van der Waals surface area contributed by atoms with Gasteiger partial charge in [0.05, 0.1) is 11.9 Å². The Morgan fingerprint density at radius 3 is 2.23 bits per heavy atom.